The number of anilines is 1. The van der Waals surface area contributed by atoms with E-state index in [2.05, 4.69) is 5.32 Å². The summed E-state index contributed by atoms with van der Waals surface area (Å²) in [6.07, 6.45) is 0. The minimum atomic E-state index is -4.10. The maximum atomic E-state index is 13.7. The molecule has 10 heteroatoms. The fourth-order valence-electron chi connectivity index (χ4n) is 3.81. The molecule has 9 nitrogen and oxygen atoms in total. The lowest BCUT2D eigenvalue weighted by Crippen LogP contribution is -2.41. The highest BCUT2D eigenvalue weighted by atomic mass is 32.2. The molecule has 3 aromatic carbocycles. The predicted molar refractivity (Wildman–Crippen MR) is 141 cm³/mol. The summed E-state index contributed by atoms with van der Waals surface area (Å²) in [5, 5.41) is 2.87. The highest BCUT2D eigenvalue weighted by molar-refractivity contribution is 7.92. The molecule has 0 unspecified atom stereocenters. The van der Waals surface area contributed by atoms with E-state index in [0.717, 1.165) is 9.87 Å². The molecule has 0 heterocycles. The highest BCUT2D eigenvalue weighted by Gasteiger charge is 2.29. The van der Waals surface area contributed by atoms with Gasteiger partial charge in [0.15, 0.2) is 11.5 Å². The number of sulfonamides is 1. The molecule has 1 amide bonds. The first-order chi connectivity index (χ1) is 17.6. The van der Waals surface area contributed by atoms with Gasteiger partial charge in [0.2, 0.25) is 5.91 Å². The van der Waals surface area contributed by atoms with Crippen molar-refractivity contribution in [3.63, 3.8) is 0 Å². The Hall–Kier alpha value is -3.92. The van der Waals surface area contributed by atoms with Crippen LogP contribution in [-0.2, 0) is 14.8 Å². The van der Waals surface area contributed by atoms with Crippen molar-refractivity contribution >= 4 is 21.6 Å². The van der Waals surface area contributed by atoms with Gasteiger partial charge >= 0.3 is 0 Å². The Morgan fingerprint density at radius 2 is 1.46 bits per heavy atom. The number of hydrogen-bond acceptors (Lipinski definition) is 7. The van der Waals surface area contributed by atoms with Gasteiger partial charge in [-0.25, -0.2) is 8.42 Å². The van der Waals surface area contributed by atoms with Gasteiger partial charge in [-0.1, -0.05) is 17.7 Å². The molecule has 1 N–H and O–H groups in total. The number of nitrogens with zero attached hydrogens (tertiary/aromatic N) is 1. The third kappa shape index (κ3) is 6.26. The first-order valence-corrected chi connectivity index (χ1v) is 12.9. The zero-order valence-electron chi connectivity index (χ0n) is 21.8. The molecular weight excluding hydrogens is 496 g/mol. The highest BCUT2D eigenvalue weighted by Crippen LogP contribution is 2.34. The van der Waals surface area contributed by atoms with Crippen LogP contribution in [0.4, 0.5) is 5.69 Å². The Bertz CT molecular complexity index is 1340. The summed E-state index contributed by atoms with van der Waals surface area (Å²) < 4.78 is 49.8. The van der Waals surface area contributed by atoms with Crippen LogP contribution < -0.4 is 28.6 Å². The van der Waals surface area contributed by atoms with Crippen molar-refractivity contribution in [1.29, 1.82) is 0 Å². The SMILES string of the molecule is COc1ccc(OC)c([C@H](C)NC(=O)CN(c2ccc(OC)c(OC)c2)S(=O)(=O)c2ccc(C)cc2)c1. The Morgan fingerprint density at radius 1 is 0.838 bits per heavy atom. The molecule has 0 saturated carbocycles. The maximum Gasteiger partial charge on any atom is 0.264 e. The molecule has 0 aliphatic carbocycles. The second kappa shape index (κ2) is 11.9. The molecular formula is C27H32N2O7S. The Balaban J connectivity index is 1.97. The largest absolute Gasteiger partial charge is 0.497 e. The number of aryl methyl sites for hydroxylation is 1. The summed E-state index contributed by atoms with van der Waals surface area (Å²) in [6.45, 7) is 3.18. The summed E-state index contributed by atoms with van der Waals surface area (Å²) in [5.41, 5.74) is 1.85. The molecule has 0 bridgehead atoms. The van der Waals surface area contributed by atoms with E-state index in [-0.39, 0.29) is 10.6 Å². The number of carbonyl (C=O) groups excluding carboxylic acids is 1. The van der Waals surface area contributed by atoms with Crippen molar-refractivity contribution in [2.75, 3.05) is 39.3 Å². The van der Waals surface area contributed by atoms with Gasteiger partial charge in [0, 0.05) is 11.6 Å². The normalized spacial score (nSPS) is 11.8. The molecule has 3 aromatic rings. The zero-order chi connectivity index (χ0) is 27.2. The second-order valence-electron chi connectivity index (χ2n) is 8.26. The number of rotatable bonds is 11. The average molecular weight is 529 g/mol. The van der Waals surface area contributed by atoms with Gasteiger partial charge in [0.05, 0.1) is 45.1 Å². The molecule has 1 atom stereocenters. The molecule has 0 saturated heterocycles. The van der Waals surface area contributed by atoms with Gasteiger partial charge in [0.25, 0.3) is 10.0 Å². The van der Waals surface area contributed by atoms with Crippen molar-refractivity contribution in [1.82, 2.24) is 5.32 Å². The van der Waals surface area contributed by atoms with Gasteiger partial charge in [0.1, 0.15) is 18.0 Å². The van der Waals surface area contributed by atoms with Crippen molar-refractivity contribution in [2.45, 2.75) is 24.8 Å². The number of methoxy groups -OCH3 is 4. The molecule has 37 heavy (non-hydrogen) atoms. The quantitative estimate of drug-likeness (QED) is 0.400. The van der Waals surface area contributed by atoms with Gasteiger partial charge < -0.3 is 24.3 Å². The summed E-state index contributed by atoms with van der Waals surface area (Å²) in [5.74, 6) is 1.42. The summed E-state index contributed by atoms with van der Waals surface area (Å²) in [7, 11) is 1.92. The van der Waals surface area contributed by atoms with Gasteiger partial charge in [-0.15, -0.1) is 0 Å². The Labute approximate surface area is 218 Å². The first kappa shape index (κ1) is 27.7. The molecule has 0 spiro atoms. The van der Waals surface area contributed by atoms with Crippen LogP contribution in [0.5, 0.6) is 23.0 Å². The van der Waals surface area contributed by atoms with E-state index in [9.17, 15) is 13.2 Å². The summed E-state index contributed by atoms with van der Waals surface area (Å²) in [6, 6.07) is 15.9. The average Bonchev–Trinajstić information content (AvgIpc) is 2.90. The zero-order valence-corrected chi connectivity index (χ0v) is 22.6. The van der Waals surface area contributed by atoms with Crippen LogP contribution in [0.15, 0.2) is 65.6 Å². The lowest BCUT2D eigenvalue weighted by molar-refractivity contribution is -0.120. The van der Waals surface area contributed by atoms with Crippen LogP contribution in [0.2, 0.25) is 0 Å². The third-order valence-corrected chi connectivity index (χ3v) is 7.62. The van der Waals surface area contributed by atoms with Crippen molar-refractivity contribution in [2.24, 2.45) is 0 Å². The number of ether oxygens (including phenoxy) is 4. The summed E-state index contributed by atoms with van der Waals surface area (Å²) in [4.78, 5) is 13.3. The fraction of sp³-hybridized carbons (Fsp3) is 0.296. The number of carbonyl (C=O) groups is 1. The van der Waals surface area contributed by atoms with Gasteiger partial charge in [-0.3, -0.25) is 9.10 Å². The van der Waals surface area contributed by atoms with Crippen LogP contribution in [0.25, 0.3) is 0 Å². The third-order valence-electron chi connectivity index (χ3n) is 5.83. The number of hydrogen-bond donors (Lipinski definition) is 1. The maximum absolute atomic E-state index is 13.7. The Kier molecular flexibility index (Phi) is 8.88. The molecule has 0 aliphatic heterocycles. The molecule has 0 aliphatic rings. The minimum absolute atomic E-state index is 0.0585. The fourth-order valence-corrected chi connectivity index (χ4v) is 5.22. The lowest BCUT2D eigenvalue weighted by atomic mass is 10.1. The number of amides is 1. The molecule has 3 rings (SSSR count). The van der Waals surface area contributed by atoms with E-state index in [1.807, 2.05) is 6.92 Å². The van der Waals surface area contributed by atoms with Crippen molar-refractivity contribution in [3.05, 3.63) is 71.8 Å². The van der Waals surface area contributed by atoms with E-state index in [4.69, 9.17) is 18.9 Å². The van der Waals surface area contributed by atoms with E-state index in [1.54, 1.807) is 56.5 Å². The van der Waals surface area contributed by atoms with E-state index in [1.165, 1.54) is 39.5 Å². The van der Waals surface area contributed by atoms with Crippen molar-refractivity contribution in [3.8, 4) is 23.0 Å². The number of nitrogens with one attached hydrogen (secondary N) is 1. The Morgan fingerprint density at radius 3 is 2.05 bits per heavy atom. The van der Waals surface area contributed by atoms with Crippen LogP contribution in [0.3, 0.4) is 0 Å². The first-order valence-electron chi connectivity index (χ1n) is 11.5. The number of benzene rings is 3. The smallest absolute Gasteiger partial charge is 0.264 e. The molecule has 0 radical (unpaired) electrons. The van der Waals surface area contributed by atoms with Crippen LogP contribution in [0, 0.1) is 6.92 Å². The summed E-state index contributed by atoms with van der Waals surface area (Å²) >= 11 is 0. The lowest BCUT2D eigenvalue weighted by Gasteiger charge is -2.26. The van der Waals surface area contributed by atoms with E-state index in [0.29, 0.717) is 28.6 Å². The van der Waals surface area contributed by atoms with Gasteiger partial charge in [-0.05, 0) is 56.3 Å². The van der Waals surface area contributed by atoms with Crippen LogP contribution in [0.1, 0.15) is 24.1 Å². The topological polar surface area (TPSA) is 103 Å². The minimum Gasteiger partial charge on any atom is -0.497 e. The molecule has 0 aromatic heterocycles. The van der Waals surface area contributed by atoms with E-state index >= 15 is 0 Å². The van der Waals surface area contributed by atoms with Gasteiger partial charge in [-0.2, -0.15) is 0 Å². The standard InChI is InChI=1S/C27H32N2O7S/c1-18-7-11-22(12-8-18)37(31,32)29(20-9-13-25(35-5)26(15-20)36-6)17-27(30)28-19(2)23-16-21(33-3)10-14-24(23)34-4/h7-16,19H,17H2,1-6H3,(H,28,30)/t19-/m0/s1. The monoisotopic (exact) mass is 528 g/mol. The second-order valence-corrected chi connectivity index (χ2v) is 10.1. The molecule has 0 fully saturated rings. The van der Waals surface area contributed by atoms with Crippen LogP contribution in [-0.4, -0.2) is 49.3 Å². The van der Waals surface area contributed by atoms with E-state index < -0.39 is 28.5 Å². The van der Waals surface area contributed by atoms with Crippen molar-refractivity contribution < 1.29 is 32.2 Å². The molecule has 198 valence electrons. The predicted octanol–water partition coefficient (Wildman–Crippen LogP) is 4.10. The van der Waals surface area contributed by atoms with Crippen LogP contribution >= 0.6 is 0 Å².